The maximum Gasteiger partial charge on any atom is 0.250 e. The van der Waals surface area contributed by atoms with Gasteiger partial charge in [0.2, 0.25) is 5.91 Å². The van der Waals surface area contributed by atoms with E-state index in [-0.39, 0.29) is 5.91 Å². The van der Waals surface area contributed by atoms with Gasteiger partial charge in [-0.15, -0.1) is 10.2 Å². The van der Waals surface area contributed by atoms with Crippen molar-refractivity contribution in [3.63, 3.8) is 0 Å². The number of nitrogens with zero attached hydrogens (tertiary/aromatic N) is 6. The molecule has 0 unspecified atom stereocenters. The zero-order valence-corrected chi connectivity index (χ0v) is 13.0. The largest absolute Gasteiger partial charge is 0.331 e. The SMILES string of the molecule is Cc1nnc2n1CCN(C(=O)C(C)(C)n1cc(Cl)cn1)C2. The number of carbonyl (C=O) groups is 1. The van der Waals surface area contributed by atoms with Gasteiger partial charge in [0.15, 0.2) is 5.82 Å². The maximum absolute atomic E-state index is 12.8. The molecule has 0 fully saturated rings. The summed E-state index contributed by atoms with van der Waals surface area (Å²) in [7, 11) is 0. The molecule has 21 heavy (non-hydrogen) atoms. The number of carbonyl (C=O) groups excluding carboxylic acids is 1. The molecule has 2 aromatic rings. The molecule has 0 aromatic carbocycles. The Balaban J connectivity index is 1.83. The average Bonchev–Trinajstić information content (AvgIpc) is 3.05. The minimum absolute atomic E-state index is 0.00540. The quantitative estimate of drug-likeness (QED) is 0.836. The van der Waals surface area contributed by atoms with Crippen LogP contribution in [0.3, 0.4) is 0 Å². The molecule has 1 amide bonds. The van der Waals surface area contributed by atoms with E-state index in [0.717, 1.165) is 18.2 Å². The first kappa shape index (κ1) is 14.1. The Bertz CT molecular complexity index is 689. The van der Waals surface area contributed by atoms with Gasteiger partial charge < -0.3 is 9.47 Å². The second kappa shape index (κ2) is 4.84. The van der Waals surface area contributed by atoms with E-state index in [1.807, 2.05) is 25.3 Å². The summed E-state index contributed by atoms with van der Waals surface area (Å²) in [5, 5.41) is 12.9. The fourth-order valence-corrected chi connectivity index (χ4v) is 2.70. The molecule has 112 valence electrons. The van der Waals surface area contributed by atoms with Gasteiger partial charge in [-0.2, -0.15) is 5.10 Å². The number of amides is 1. The Kier molecular flexibility index (Phi) is 3.24. The summed E-state index contributed by atoms with van der Waals surface area (Å²) in [5.41, 5.74) is -0.787. The third-order valence-electron chi connectivity index (χ3n) is 3.87. The molecule has 1 aliphatic heterocycles. The van der Waals surface area contributed by atoms with Gasteiger partial charge in [-0.1, -0.05) is 11.6 Å². The van der Waals surface area contributed by atoms with Crippen molar-refractivity contribution in [2.45, 2.75) is 39.4 Å². The fraction of sp³-hybridized carbons (Fsp3) is 0.538. The molecule has 0 saturated heterocycles. The highest BCUT2D eigenvalue weighted by Gasteiger charge is 2.36. The van der Waals surface area contributed by atoms with Crippen molar-refractivity contribution in [1.82, 2.24) is 29.4 Å². The number of rotatable bonds is 2. The standard InChI is InChI=1S/C13H17ClN6O/c1-9-16-17-11-8-18(4-5-19(9)11)12(21)13(2,3)20-7-10(14)6-15-20/h6-7H,4-5,8H2,1-3H3. The summed E-state index contributed by atoms with van der Waals surface area (Å²) in [6.07, 6.45) is 3.20. The van der Waals surface area contributed by atoms with Gasteiger partial charge >= 0.3 is 0 Å². The smallest absolute Gasteiger partial charge is 0.250 e. The fourth-order valence-electron chi connectivity index (χ4n) is 2.57. The van der Waals surface area contributed by atoms with Crippen LogP contribution in [0.15, 0.2) is 12.4 Å². The highest BCUT2D eigenvalue weighted by atomic mass is 35.5. The summed E-state index contributed by atoms with van der Waals surface area (Å²) in [5.74, 6) is 1.70. The molecule has 0 spiro atoms. The molecule has 3 heterocycles. The number of fused-ring (bicyclic) bond motifs is 1. The van der Waals surface area contributed by atoms with E-state index >= 15 is 0 Å². The minimum Gasteiger partial charge on any atom is -0.331 e. The molecule has 0 radical (unpaired) electrons. The van der Waals surface area contributed by atoms with Gasteiger partial charge in [0, 0.05) is 19.3 Å². The molecule has 3 rings (SSSR count). The van der Waals surface area contributed by atoms with E-state index in [4.69, 9.17) is 11.6 Å². The normalized spacial score (nSPS) is 15.1. The van der Waals surface area contributed by atoms with E-state index in [1.165, 1.54) is 6.20 Å². The molecule has 0 bridgehead atoms. The topological polar surface area (TPSA) is 68.8 Å². The molecule has 0 N–H and O–H groups in total. The van der Waals surface area contributed by atoms with Crippen molar-refractivity contribution < 1.29 is 4.79 Å². The lowest BCUT2D eigenvalue weighted by atomic mass is 10.0. The highest BCUT2D eigenvalue weighted by Crippen LogP contribution is 2.23. The van der Waals surface area contributed by atoms with Crippen LogP contribution in [0.5, 0.6) is 0 Å². The number of aromatic nitrogens is 5. The summed E-state index contributed by atoms with van der Waals surface area (Å²) in [6, 6.07) is 0. The van der Waals surface area contributed by atoms with Gasteiger partial charge in [0.1, 0.15) is 11.4 Å². The van der Waals surface area contributed by atoms with Crippen LogP contribution in [0.4, 0.5) is 0 Å². The Labute approximate surface area is 127 Å². The molecular formula is C13H17ClN6O. The number of hydrogen-bond acceptors (Lipinski definition) is 4. The second-order valence-corrected chi connectivity index (χ2v) is 6.14. The summed E-state index contributed by atoms with van der Waals surface area (Å²) >= 11 is 5.90. The lowest BCUT2D eigenvalue weighted by Gasteiger charge is -2.34. The first-order chi connectivity index (χ1) is 9.89. The maximum atomic E-state index is 12.8. The Morgan fingerprint density at radius 2 is 2.10 bits per heavy atom. The zero-order chi connectivity index (χ0) is 15.2. The van der Waals surface area contributed by atoms with Crippen LogP contribution in [-0.4, -0.2) is 41.9 Å². The summed E-state index contributed by atoms with van der Waals surface area (Å²) < 4.78 is 3.64. The van der Waals surface area contributed by atoms with Crippen LogP contribution in [0.2, 0.25) is 5.02 Å². The van der Waals surface area contributed by atoms with E-state index < -0.39 is 5.54 Å². The molecule has 0 aliphatic carbocycles. The highest BCUT2D eigenvalue weighted by molar-refractivity contribution is 6.30. The number of aryl methyl sites for hydroxylation is 1. The number of hydrogen-bond donors (Lipinski definition) is 0. The van der Waals surface area contributed by atoms with Crippen molar-refractivity contribution in [2.24, 2.45) is 0 Å². The molecule has 8 heteroatoms. The van der Waals surface area contributed by atoms with Gasteiger partial charge in [0.05, 0.1) is 17.8 Å². The van der Waals surface area contributed by atoms with Crippen molar-refractivity contribution >= 4 is 17.5 Å². The van der Waals surface area contributed by atoms with Crippen LogP contribution >= 0.6 is 11.6 Å². The van der Waals surface area contributed by atoms with Gasteiger partial charge in [-0.25, -0.2) is 0 Å². The van der Waals surface area contributed by atoms with Gasteiger partial charge in [0.25, 0.3) is 0 Å². The summed E-state index contributed by atoms with van der Waals surface area (Å²) in [4.78, 5) is 14.6. The molecule has 0 saturated carbocycles. The third kappa shape index (κ3) is 2.31. The van der Waals surface area contributed by atoms with E-state index in [2.05, 4.69) is 15.3 Å². The Morgan fingerprint density at radius 1 is 1.33 bits per heavy atom. The monoisotopic (exact) mass is 308 g/mol. The third-order valence-corrected chi connectivity index (χ3v) is 4.07. The molecular weight excluding hydrogens is 292 g/mol. The lowest BCUT2D eigenvalue weighted by molar-refractivity contribution is -0.141. The Morgan fingerprint density at radius 3 is 2.76 bits per heavy atom. The average molecular weight is 309 g/mol. The van der Waals surface area contributed by atoms with Gasteiger partial charge in [-0.3, -0.25) is 9.48 Å². The number of halogens is 1. The predicted molar refractivity (Wildman–Crippen MR) is 76.7 cm³/mol. The van der Waals surface area contributed by atoms with Crippen LogP contribution in [0.1, 0.15) is 25.5 Å². The van der Waals surface area contributed by atoms with Crippen LogP contribution in [0.25, 0.3) is 0 Å². The van der Waals surface area contributed by atoms with Crippen molar-refractivity contribution in [2.75, 3.05) is 6.54 Å². The van der Waals surface area contributed by atoms with Crippen LogP contribution in [0, 0.1) is 6.92 Å². The van der Waals surface area contributed by atoms with E-state index in [0.29, 0.717) is 18.1 Å². The molecule has 0 atom stereocenters. The van der Waals surface area contributed by atoms with Gasteiger partial charge in [-0.05, 0) is 20.8 Å². The zero-order valence-electron chi connectivity index (χ0n) is 12.2. The second-order valence-electron chi connectivity index (χ2n) is 5.70. The predicted octanol–water partition coefficient (Wildman–Crippen LogP) is 1.21. The van der Waals surface area contributed by atoms with Crippen molar-refractivity contribution in [3.05, 3.63) is 29.1 Å². The summed E-state index contributed by atoms with van der Waals surface area (Å²) in [6.45, 7) is 7.42. The minimum atomic E-state index is -0.787. The molecule has 2 aromatic heterocycles. The first-order valence-corrected chi connectivity index (χ1v) is 7.16. The van der Waals surface area contributed by atoms with Crippen LogP contribution in [-0.2, 0) is 23.4 Å². The Hall–Kier alpha value is -1.89. The molecule has 7 nitrogen and oxygen atoms in total. The lowest BCUT2D eigenvalue weighted by Crippen LogP contribution is -2.49. The van der Waals surface area contributed by atoms with Crippen LogP contribution < -0.4 is 0 Å². The van der Waals surface area contributed by atoms with E-state index in [9.17, 15) is 4.79 Å². The van der Waals surface area contributed by atoms with E-state index in [1.54, 1.807) is 15.8 Å². The van der Waals surface area contributed by atoms with Crippen molar-refractivity contribution in [3.8, 4) is 0 Å². The van der Waals surface area contributed by atoms with Crippen molar-refractivity contribution in [1.29, 1.82) is 0 Å². The molecule has 1 aliphatic rings. The first-order valence-electron chi connectivity index (χ1n) is 6.78.